The molecule has 2 heterocycles. The van der Waals surface area contributed by atoms with Crippen LogP contribution in [-0.2, 0) is 11.2 Å². The molecule has 126 valence electrons. The van der Waals surface area contributed by atoms with Crippen LogP contribution in [0.1, 0.15) is 39.2 Å². The molecule has 0 saturated carbocycles. The van der Waals surface area contributed by atoms with Crippen molar-refractivity contribution in [2.45, 2.75) is 51.7 Å². The average molecular weight is 317 g/mol. The van der Waals surface area contributed by atoms with Crippen molar-refractivity contribution in [1.82, 2.24) is 4.90 Å². The minimum atomic E-state index is -0.429. The zero-order chi connectivity index (χ0) is 16.6. The van der Waals surface area contributed by atoms with Gasteiger partial charge in [-0.3, -0.25) is 0 Å². The predicted octanol–water partition coefficient (Wildman–Crippen LogP) is 3.03. The Hall–Kier alpha value is -1.91. The molecule has 0 unspecified atom stereocenters. The van der Waals surface area contributed by atoms with E-state index in [0.717, 1.165) is 44.6 Å². The van der Waals surface area contributed by atoms with Gasteiger partial charge in [-0.2, -0.15) is 0 Å². The average Bonchev–Trinajstić information content (AvgIpc) is 2.88. The summed E-state index contributed by atoms with van der Waals surface area (Å²) in [5.41, 5.74) is 8.95. The number of nitrogens with zero attached hydrogens (tertiary/aromatic N) is 2. The number of hydrogen-bond acceptors (Lipinski definition) is 4. The van der Waals surface area contributed by atoms with E-state index in [4.69, 9.17) is 10.5 Å². The fourth-order valence-corrected chi connectivity index (χ4v) is 3.51. The zero-order valence-corrected chi connectivity index (χ0v) is 14.3. The molecule has 0 atom stereocenters. The van der Waals surface area contributed by atoms with Crippen LogP contribution in [-0.4, -0.2) is 42.3 Å². The lowest BCUT2D eigenvalue weighted by Crippen LogP contribution is -2.47. The zero-order valence-electron chi connectivity index (χ0n) is 14.3. The summed E-state index contributed by atoms with van der Waals surface area (Å²) in [7, 11) is 0. The highest BCUT2D eigenvalue weighted by molar-refractivity contribution is 5.68. The first-order chi connectivity index (χ1) is 10.8. The summed E-state index contributed by atoms with van der Waals surface area (Å²) in [6.07, 6.45) is 2.85. The number of benzene rings is 1. The van der Waals surface area contributed by atoms with E-state index in [0.29, 0.717) is 6.04 Å². The lowest BCUT2D eigenvalue weighted by Gasteiger charge is -2.38. The number of nitrogen functional groups attached to an aromatic ring is 1. The van der Waals surface area contributed by atoms with Crippen LogP contribution in [0.25, 0.3) is 0 Å². The Morgan fingerprint density at radius 3 is 2.57 bits per heavy atom. The molecule has 2 N–H and O–H groups in total. The Bertz CT molecular complexity index is 586. The van der Waals surface area contributed by atoms with Gasteiger partial charge >= 0.3 is 6.09 Å². The predicted molar refractivity (Wildman–Crippen MR) is 92.7 cm³/mol. The maximum Gasteiger partial charge on any atom is 0.410 e. The van der Waals surface area contributed by atoms with E-state index in [1.54, 1.807) is 0 Å². The van der Waals surface area contributed by atoms with Crippen molar-refractivity contribution >= 4 is 17.5 Å². The number of rotatable bonds is 1. The van der Waals surface area contributed by atoms with Crippen LogP contribution in [0.5, 0.6) is 0 Å². The monoisotopic (exact) mass is 317 g/mol. The molecule has 5 nitrogen and oxygen atoms in total. The van der Waals surface area contributed by atoms with E-state index in [1.165, 1.54) is 11.3 Å². The molecular formula is C18H27N3O2. The molecule has 2 aliphatic heterocycles. The number of nitrogens with two attached hydrogens (primary N) is 1. The number of fused-ring (bicyclic) bond motifs is 1. The highest BCUT2D eigenvalue weighted by Gasteiger charge is 2.32. The second kappa shape index (κ2) is 5.95. The topological polar surface area (TPSA) is 58.8 Å². The number of likely N-dealkylation sites (tertiary alicyclic amines) is 1. The number of ether oxygens (including phenoxy) is 1. The summed E-state index contributed by atoms with van der Waals surface area (Å²) in [6.45, 7) is 8.30. The highest BCUT2D eigenvalue weighted by Crippen LogP contribution is 2.33. The maximum atomic E-state index is 12.2. The minimum Gasteiger partial charge on any atom is -0.444 e. The molecule has 1 saturated heterocycles. The van der Waals surface area contributed by atoms with Gasteiger partial charge in [-0.05, 0) is 63.8 Å². The van der Waals surface area contributed by atoms with Crippen molar-refractivity contribution in [3.05, 3.63) is 23.8 Å². The van der Waals surface area contributed by atoms with Crippen molar-refractivity contribution in [3.63, 3.8) is 0 Å². The van der Waals surface area contributed by atoms with E-state index in [-0.39, 0.29) is 6.09 Å². The van der Waals surface area contributed by atoms with Crippen molar-refractivity contribution < 1.29 is 9.53 Å². The summed E-state index contributed by atoms with van der Waals surface area (Å²) in [6, 6.07) is 6.70. The first kappa shape index (κ1) is 16.0. The van der Waals surface area contributed by atoms with Crippen molar-refractivity contribution in [2.75, 3.05) is 30.3 Å². The first-order valence-corrected chi connectivity index (χ1v) is 8.46. The third-order valence-electron chi connectivity index (χ3n) is 4.59. The van der Waals surface area contributed by atoms with Gasteiger partial charge in [-0.1, -0.05) is 0 Å². The summed E-state index contributed by atoms with van der Waals surface area (Å²) in [4.78, 5) is 16.5. The molecule has 3 rings (SSSR count). The SMILES string of the molecule is CC(C)(C)OC(=O)N1CCC(N2CCc3cc(N)ccc32)CC1. The standard InChI is InChI=1S/C18H27N3O2/c1-18(2,3)23-17(22)20-9-7-15(8-10-20)21-11-6-13-12-14(19)4-5-16(13)21/h4-5,12,15H,6-11,19H2,1-3H3. The molecule has 2 aliphatic rings. The van der Waals surface area contributed by atoms with Crippen molar-refractivity contribution in [1.29, 1.82) is 0 Å². The van der Waals surface area contributed by atoms with Crippen LogP contribution in [0.15, 0.2) is 18.2 Å². The molecule has 0 spiro atoms. The highest BCUT2D eigenvalue weighted by atomic mass is 16.6. The van der Waals surface area contributed by atoms with E-state index < -0.39 is 5.60 Å². The molecular weight excluding hydrogens is 290 g/mol. The summed E-state index contributed by atoms with van der Waals surface area (Å²) in [5, 5.41) is 0. The van der Waals surface area contributed by atoms with Gasteiger partial charge in [-0.15, -0.1) is 0 Å². The van der Waals surface area contributed by atoms with Gasteiger partial charge in [0, 0.05) is 37.1 Å². The van der Waals surface area contributed by atoms with Crippen LogP contribution in [0.2, 0.25) is 0 Å². The minimum absolute atomic E-state index is 0.189. The normalized spacial score (nSPS) is 18.9. The fraction of sp³-hybridized carbons (Fsp3) is 0.611. The molecule has 1 aromatic carbocycles. The molecule has 0 radical (unpaired) electrons. The Morgan fingerprint density at radius 1 is 1.22 bits per heavy atom. The lowest BCUT2D eigenvalue weighted by molar-refractivity contribution is 0.0205. The van der Waals surface area contributed by atoms with Crippen LogP contribution in [0.4, 0.5) is 16.2 Å². The van der Waals surface area contributed by atoms with E-state index in [2.05, 4.69) is 17.0 Å². The summed E-state index contributed by atoms with van der Waals surface area (Å²) in [5.74, 6) is 0. The van der Waals surface area contributed by atoms with Crippen LogP contribution in [0.3, 0.4) is 0 Å². The van der Waals surface area contributed by atoms with Gasteiger partial charge in [0.2, 0.25) is 0 Å². The second-order valence-corrected chi connectivity index (χ2v) is 7.53. The van der Waals surface area contributed by atoms with Crippen LogP contribution < -0.4 is 10.6 Å². The molecule has 0 bridgehead atoms. The number of piperidine rings is 1. The molecule has 1 fully saturated rings. The maximum absolute atomic E-state index is 12.2. The van der Waals surface area contributed by atoms with Gasteiger partial charge in [0.05, 0.1) is 0 Å². The summed E-state index contributed by atoms with van der Waals surface area (Å²) >= 11 is 0. The molecule has 5 heteroatoms. The third kappa shape index (κ3) is 3.54. The van der Waals surface area contributed by atoms with Crippen LogP contribution >= 0.6 is 0 Å². The van der Waals surface area contributed by atoms with Gasteiger partial charge < -0.3 is 20.3 Å². The van der Waals surface area contributed by atoms with Gasteiger partial charge in [0.15, 0.2) is 0 Å². The van der Waals surface area contributed by atoms with Crippen molar-refractivity contribution in [2.24, 2.45) is 0 Å². The molecule has 1 amide bonds. The fourth-order valence-electron chi connectivity index (χ4n) is 3.51. The largest absolute Gasteiger partial charge is 0.444 e. The van der Waals surface area contributed by atoms with E-state index in [9.17, 15) is 4.79 Å². The second-order valence-electron chi connectivity index (χ2n) is 7.53. The lowest BCUT2D eigenvalue weighted by atomic mass is 10.0. The smallest absolute Gasteiger partial charge is 0.410 e. The molecule has 0 aromatic heterocycles. The Labute approximate surface area is 138 Å². The Morgan fingerprint density at radius 2 is 1.91 bits per heavy atom. The van der Waals surface area contributed by atoms with E-state index in [1.807, 2.05) is 31.7 Å². The van der Waals surface area contributed by atoms with E-state index >= 15 is 0 Å². The van der Waals surface area contributed by atoms with Crippen LogP contribution in [0, 0.1) is 0 Å². The Kier molecular flexibility index (Phi) is 4.13. The van der Waals surface area contributed by atoms with Gasteiger partial charge in [-0.25, -0.2) is 4.79 Å². The molecule has 23 heavy (non-hydrogen) atoms. The Balaban J connectivity index is 1.59. The number of carbonyl (C=O) groups excluding carboxylic acids is 1. The number of carbonyl (C=O) groups is 1. The summed E-state index contributed by atoms with van der Waals surface area (Å²) < 4.78 is 5.47. The van der Waals surface area contributed by atoms with Gasteiger partial charge in [0.25, 0.3) is 0 Å². The molecule has 1 aromatic rings. The number of hydrogen-bond donors (Lipinski definition) is 1. The third-order valence-corrected chi connectivity index (χ3v) is 4.59. The quantitative estimate of drug-likeness (QED) is 0.809. The molecule has 0 aliphatic carbocycles. The number of anilines is 2. The number of amides is 1. The first-order valence-electron chi connectivity index (χ1n) is 8.46. The van der Waals surface area contributed by atoms with Gasteiger partial charge in [0.1, 0.15) is 5.60 Å². The van der Waals surface area contributed by atoms with Crippen molar-refractivity contribution in [3.8, 4) is 0 Å².